The van der Waals surface area contributed by atoms with Crippen molar-refractivity contribution in [3.63, 3.8) is 0 Å². The molecule has 0 saturated heterocycles. The topological polar surface area (TPSA) is 43.4 Å². The number of ether oxygens (including phenoxy) is 1. The van der Waals surface area contributed by atoms with Crippen molar-refractivity contribution in [1.29, 1.82) is 0 Å². The number of esters is 1. The van der Waals surface area contributed by atoms with Gasteiger partial charge in [-0.3, -0.25) is 4.57 Å². The lowest BCUT2D eigenvalue weighted by atomic mass is 10.2. The first kappa shape index (κ1) is 14.7. The highest BCUT2D eigenvalue weighted by atomic mass is 35.9. The summed E-state index contributed by atoms with van der Waals surface area (Å²) in [5, 5.41) is 0.711. The Hall–Kier alpha value is -0.680. The van der Waals surface area contributed by atoms with Gasteiger partial charge in [0.15, 0.2) is 0 Å². The summed E-state index contributed by atoms with van der Waals surface area (Å²) >= 11 is 10.6. The van der Waals surface area contributed by atoms with E-state index in [0.717, 1.165) is 16.0 Å². The summed E-state index contributed by atoms with van der Waals surface area (Å²) in [6.45, 7) is 0. The summed E-state index contributed by atoms with van der Waals surface area (Å²) in [5.41, 5.74) is 0. The number of thiophene rings is 1. The Morgan fingerprint density at radius 2 is 1.95 bits per heavy atom. The molecule has 0 aliphatic rings. The van der Waals surface area contributed by atoms with E-state index in [1.165, 1.54) is 6.07 Å². The van der Waals surface area contributed by atoms with E-state index in [1.807, 2.05) is 0 Å². The van der Waals surface area contributed by atoms with Gasteiger partial charge in [-0.25, -0.2) is 4.79 Å². The van der Waals surface area contributed by atoms with Crippen LogP contribution in [0.2, 0.25) is 0 Å². The summed E-state index contributed by atoms with van der Waals surface area (Å²) in [5.74, 6) is -10.6. The molecule has 2 aromatic rings. The van der Waals surface area contributed by atoms with Crippen molar-refractivity contribution in [3.8, 4) is 0 Å². The van der Waals surface area contributed by atoms with Gasteiger partial charge >= 0.3 is 17.7 Å². The maximum Gasteiger partial charge on any atom is 0.482 e. The fourth-order valence-electron chi connectivity index (χ4n) is 1.30. The maximum atomic E-state index is 13.2. The molecule has 3 nitrogen and oxygen atoms in total. The number of hydrogen-bond acceptors (Lipinski definition) is 4. The van der Waals surface area contributed by atoms with Crippen molar-refractivity contribution in [3.05, 3.63) is 35.2 Å². The molecule has 1 aromatic carbocycles. The summed E-state index contributed by atoms with van der Waals surface area (Å²) in [6, 6.07) is 8.32. The number of carbonyl (C=O) groups is 1. The van der Waals surface area contributed by atoms with E-state index in [-0.39, 0.29) is 4.88 Å². The lowest BCUT2D eigenvalue weighted by Crippen LogP contribution is -2.21. The van der Waals surface area contributed by atoms with E-state index in [0.29, 0.717) is 5.39 Å². The number of hydrogen-bond donors (Lipinski definition) is 0. The van der Waals surface area contributed by atoms with Crippen LogP contribution in [-0.4, -0.2) is 11.8 Å². The van der Waals surface area contributed by atoms with Crippen molar-refractivity contribution in [1.82, 2.24) is 0 Å². The number of rotatable bonds is 3. The molecule has 0 aliphatic heterocycles. The maximum absolute atomic E-state index is 13.2. The molecule has 0 amide bonds. The summed E-state index contributed by atoms with van der Waals surface area (Å²) < 4.78 is 41.8. The lowest BCUT2D eigenvalue weighted by Gasteiger charge is -2.15. The van der Waals surface area contributed by atoms with Gasteiger partial charge in [0.05, 0.1) is 0 Å². The van der Waals surface area contributed by atoms with Crippen LogP contribution in [0.4, 0.5) is 8.78 Å². The predicted octanol–water partition coefficient (Wildman–Crippen LogP) is 5.28. The number of fused-ring (bicyclic) bond motifs is 1. The highest BCUT2D eigenvalue weighted by Gasteiger charge is 2.53. The SMILES string of the molecule is O=C(OC(F)(F)P(=O)(Cl)Cl)c1cc2ccccc2s1. The number of halogens is 4. The molecule has 0 atom stereocenters. The second kappa shape index (κ2) is 5.02. The third kappa shape index (κ3) is 3.08. The Bertz CT molecular complexity index is 649. The first-order valence-electron chi connectivity index (χ1n) is 4.80. The average molecular weight is 345 g/mol. The van der Waals surface area contributed by atoms with Crippen LogP contribution in [0.1, 0.15) is 9.67 Å². The van der Waals surface area contributed by atoms with Gasteiger partial charge in [0, 0.05) is 4.70 Å². The van der Waals surface area contributed by atoms with Gasteiger partial charge < -0.3 is 4.74 Å². The molecule has 1 heterocycles. The highest BCUT2D eigenvalue weighted by molar-refractivity contribution is 8.09. The summed E-state index contributed by atoms with van der Waals surface area (Å²) in [4.78, 5) is 11.5. The van der Waals surface area contributed by atoms with Crippen molar-refractivity contribution < 1.29 is 22.9 Å². The van der Waals surface area contributed by atoms with Gasteiger partial charge in [0.1, 0.15) is 4.88 Å². The Morgan fingerprint density at radius 3 is 2.53 bits per heavy atom. The van der Waals surface area contributed by atoms with Crippen LogP contribution in [0, 0.1) is 0 Å². The summed E-state index contributed by atoms with van der Waals surface area (Å²) in [7, 11) is 0. The largest absolute Gasteiger partial charge is 0.482 e. The monoisotopic (exact) mass is 344 g/mol. The smallest absolute Gasteiger partial charge is 0.389 e. The highest BCUT2D eigenvalue weighted by Crippen LogP contribution is 2.69. The third-order valence-electron chi connectivity index (χ3n) is 2.15. The molecule has 0 bridgehead atoms. The van der Waals surface area contributed by atoms with Gasteiger partial charge in [0.25, 0.3) is 0 Å². The molecule has 0 N–H and O–H groups in total. The molecule has 0 fully saturated rings. The van der Waals surface area contributed by atoms with E-state index in [9.17, 15) is 18.1 Å². The fraction of sp³-hybridized carbons (Fsp3) is 0.100. The van der Waals surface area contributed by atoms with Crippen molar-refractivity contribution in [2.24, 2.45) is 0 Å². The zero-order valence-corrected chi connectivity index (χ0v) is 12.2. The molecule has 0 radical (unpaired) electrons. The average Bonchev–Trinajstić information content (AvgIpc) is 2.70. The molecular weight excluding hydrogens is 340 g/mol. The van der Waals surface area contributed by atoms with Crippen molar-refractivity contribution in [2.75, 3.05) is 0 Å². The van der Waals surface area contributed by atoms with Crippen molar-refractivity contribution in [2.45, 2.75) is 5.85 Å². The number of alkyl halides is 2. The van der Waals surface area contributed by atoms with Crippen LogP contribution in [-0.2, 0) is 9.30 Å². The van der Waals surface area contributed by atoms with Gasteiger partial charge in [-0.05, 0) is 40.0 Å². The minimum absolute atomic E-state index is 0.0531. The zero-order chi connectivity index (χ0) is 14.3. The summed E-state index contributed by atoms with van der Waals surface area (Å²) in [6.07, 6.45) is 0. The number of benzene rings is 1. The van der Waals surface area contributed by atoms with Crippen LogP contribution in [0.15, 0.2) is 30.3 Å². The second-order valence-electron chi connectivity index (χ2n) is 3.49. The molecular formula is C10H5Cl2F2O3PS. The van der Waals surface area contributed by atoms with Gasteiger partial charge in [-0.1, -0.05) is 18.2 Å². The van der Waals surface area contributed by atoms with E-state index in [1.54, 1.807) is 24.3 Å². The molecule has 0 spiro atoms. The Balaban J connectivity index is 2.28. The van der Waals surface area contributed by atoms with Gasteiger partial charge in [-0.15, -0.1) is 11.3 Å². The molecule has 102 valence electrons. The minimum atomic E-state index is -4.90. The molecule has 2 rings (SSSR count). The molecule has 1 aromatic heterocycles. The van der Waals surface area contributed by atoms with Crippen LogP contribution >= 0.6 is 39.7 Å². The fourth-order valence-corrected chi connectivity index (χ4v) is 2.63. The Kier molecular flexibility index (Phi) is 3.89. The van der Waals surface area contributed by atoms with Gasteiger partial charge in [-0.2, -0.15) is 8.78 Å². The predicted molar refractivity (Wildman–Crippen MR) is 71.5 cm³/mol. The molecule has 0 aliphatic carbocycles. The van der Waals surface area contributed by atoms with E-state index >= 15 is 0 Å². The first-order valence-corrected chi connectivity index (χ1v) is 9.13. The van der Waals surface area contributed by atoms with E-state index in [4.69, 9.17) is 22.5 Å². The molecule has 9 heteroatoms. The quantitative estimate of drug-likeness (QED) is 0.562. The van der Waals surface area contributed by atoms with E-state index in [2.05, 4.69) is 4.74 Å². The number of carbonyl (C=O) groups excluding carboxylic acids is 1. The molecule has 19 heavy (non-hydrogen) atoms. The Labute approximate surface area is 120 Å². The van der Waals surface area contributed by atoms with Crippen LogP contribution < -0.4 is 0 Å². The van der Waals surface area contributed by atoms with Gasteiger partial charge in [0.2, 0.25) is 0 Å². The van der Waals surface area contributed by atoms with E-state index < -0.39 is 17.7 Å². The zero-order valence-electron chi connectivity index (χ0n) is 8.98. The lowest BCUT2D eigenvalue weighted by molar-refractivity contribution is -0.129. The van der Waals surface area contributed by atoms with Crippen LogP contribution in [0.25, 0.3) is 10.1 Å². The Morgan fingerprint density at radius 1 is 1.32 bits per heavy atom. The van der Waals surface area contributed by atoms with Crippen molar-refractivity contribution >= 4 is 55.7 Å². The molecule has 0 saturated carbocycles. The third-order valence-corrected chi connectivity index (χ3v) is 5.12. The van der Waals surface area contributed by atoms with Crippen LogP contribution in [0.3, 0.4) is 0 Å². The first-order chi connectivity index (χ1) is 8.71. The standard InChI is InChI=1S/C10H5Cl2F2O3PS/c11-18(12,16)10(13,14)17-9(15)8-5-6-3-1-2-4-7(6)19-8/h1-5H. The molecule has 0 unspecified atom stereocenters. The second-order valence-corrected chi connectivity index (χ2v) is 9.39. The minimum Gasteiger partial charge on any atom is -0.389 e. The normalized spacial score (nSPS) is 12.6. The van der Waals surface area contributed by atoms with Crippen LogP contribution in [0.5, 0.6) is 0 Å².